The molecule has 0 unspecified atom stereocenters. The van der Waals surface area contributed by atoms with E-state index in [-0.39, 0.29) is 0 Å². The van der Waals surface area contributed by atoms with Gasteiger partial charge in [0.25, 0.3) is 0 Å². The minimum atomic E-state index is 0.767. The third kappa shape index (κ3) is 1.73. The molecule has 4 heteroatoms. The van der Waals surface area contributed by atoms with Crippen molar-refractivity contribution in [2.24, 2.45) is 0 Å². The van der Waals surface area contributed by atoms with Crippen LogP contribution in [0.3, 0.4) is 0 Å². The minimum Gasteiger partial charge on any atom is -0.158 e. The number of aromatic nitrogens is 2. The highest BCUT2D eigenvalue weighted by atomic mass is 32.2. The number of rotatable bonds is 3. The fourth-order valence-corrected chi connectivity index (χ4v) is 2.64. The predicted molar refractivity (Wildman–Crippen MR) is 49.1 cm³/mol. The van der Waals surface area contributed by atoms with Gasteiger partial charge in [-0.05, 0) is 19.1 Å². The standard InChI is InChI=1S/C7H10N2S2/c1-10-4-6-8-9-7(11-6)5-2-3-5/h5H,2-4H2,1H3. The van der Waals surface area contributed by atoms with Crippen LogP contribution in [0.1, 0.15) is 28.8 Å². The van der Waals surface area contributed by atoms with Crippen molar-refractivity contribution in [2.75, 3.05) is 6.26 Å². The Hall–Kier alpha value is -0.0900. The van der Waals surface area contributed by atoms with E-state index < -0.39 is 0 Å². The summed E-state index contributed by atoms with van der Waals surface area (Å²) in [5, 5.41) is 10.7. The second kappa shape index (κ2) is 3.11. The van der Waals surface area contributed by atoms with E-state index in [1.807, 2.05) is 11.8 Å². The van der Waals surface area contributed by atoms with Crippen LogP contribution >= 0.6 is 23.1 Å². The van der Waals surface area contributed by atoms with E-state index in [9.17, 15) is 0 Å². The van der Waals surface area contributed by atoms with Crippen LogP contribution in [0.4, 0.5) is 0 Å². The lowest BCUT2D eigenvalue weighted by Crippen LogP contribution is -1.77. The lowest BCUT2D eigenvalue weighted by molar-refractivity contribution is 0.955. The van der Waals surface area contributed by atoms with Crippen LogP contribution in [0.25, 0.3) is 0 Å². The van der Waals surface area contributed by atoms with Crippen molar-refractivity contribution >= 4 is 23.1 Å². The maximum Gasteiger partial charge on any atom is 0.127 e. The molecular formula is C7H10N2S2. The van der Waals surface area contributed by atoms with E-state index in [1.165, 1.54) is 22.9 Å². The van der Waals surface area contributed by atoms with Gasteiger partial charge in [0.05, 0.1) is 0 Å². The SMILES string of the molecule is CSCc1nnc(C2CC2)s1. The molecule has 1 aromatic rings. The van der Waals surface area contributed by atoms with Crippen molar-refractivity contribution in [1.29, 1.82) is 0 Å². The lowest BCUT2D eigenvalue weighted by atomic mass is 10.5. The monoisotopic (exact) mass is 186 g/mol. The van der Waals surface area contributed by atoms with Gasteiger partial charge < -0.3 is 0 Å². The Morgan fingerprint density at radius 2 is 2.36 bits per heavy atom. The zero-order chi connectivity index (χ0) is 7.68. The molecule has 1 saturated carbocycles. The highest BCUT2D eigenvalue weighted by molar-refractivity contribution is 7.97. The minimum absolute atomic E-state index is 0.767. The Labute approximate surface area is 74.4 Å². The zero-order valence-electron chi connectivity index (χ0n) is 6.41. The molecule has 11 heavy (non-hydrogen) atoms. The molecule has 2 nitrogen and oxygen atoms in total. The number of thioether (sulfide) groups is 1. The van der Waals surface area contributed by atoms with Crippen molar-refractivity contribution in [1.82, 2.24) is 10.2 Å². The summed E-state index contributed by atoms with van der Waals surface area (Å²) in [5.74, 6) is 1.79. The molecule has 0 aliphatic heterocycles. The third-order valence-electron chi connectivity index (χ3n) is 1.68. The van der Waals surface area contributed by atoms with Crippen molar-refractivity contribution in [2.45, 2.75) is 24.5 Å². The van der Waals surface area contributed by atoms with E-state index >= 15 is 0 Å². The molecule has 0 radical (unpaired) electrons. The second-order valence-electron chi connectivity index (χ2n) is 2.74. The number of hydrogen-bond acceptors (Lipinski definition) is 4. The second-order valence-corrected chi connectivity index (χ2v) is 4.70. The quantitative estimate of drug-likeness (QED) is 0.724. The summed E-state index contributed by atoms with van der Waals surface area (Å²) in [5.41, 5.74) is 0. The average molecular weight is 186 g/mol. The molecule has 1 aliphatic carbocycles. The van der Waals surface area contributed by atoms with E-state index in [0.29, 0.717) is 0 Å². The summed E-state index contributed by atoms with van der Waals surface area (Å²) in [6.07, 6.45) is 4.75. The van der Waals surface area contributed by atoms with Crippen molar-refractivity contribution in [3.8, 4) is 0 Å². The fourth-order valence-electron chi connectivity index (χ4n) is 0.944. The molecule has 0 saturated heterocycles. The first-order chi connectivity index (χ1) is 5.40. The van der Waals surface area contributed by atoms with Gasteiger partial charge >= 0.3 is 0 Å². The third-order valence-corrected chi connectivity index (χ3v) is 3.51. The van der Waals surface area contributed by atoms with E-state index in [2.05, 4.69) is 16.5 Å². The summed E-state index contributed by atoms with van der Waals surface area (Å²) in [6.45, 7) is 0. The topological polar surface area (TPSA) is 25.8 Å². The Morgan fingerprint density at radius 1 is 1.55 bits per heavy atom. The Kier molecular flexibility index (Phi) is 2.13. The first-order valence-corrected chi connectivity index (χ1v) is 5.92. The Balaban J connectivity index is 2.06. The fraction of sp³-hybridized carbons (Fsp3) is 0.714. The number of nitrogens with zero attached hydrogens (tertiary/aromatic N) is 2. The first kappa shape index (κ1) is 7.55. The molecule has 0 N–H and O–H groups in total. The first-order valence-electron chi connectivity index (χ1n) is 3.71. The molecule has 0 bridgehead atoms. The van der Waals surface area contributed by atoms with Crippen LogP contribution in [0.15, 0.2) is 0 Å². The Bertz CT molecular complexity index is 242. The summed E-state index contributed by atoms with van der Waals surface area (Å²) in [6, 6.07) is 0. The average Bonchev–Trinajstić information content (AvgIpc) is 2.75. The van der Waals surface area contributed by atoms with Crippen LogP contribution in [-0.4, -0.2) is 16.5 Å². The van der Waals surface area contributed by atoms with Gasteiger partial charge in [-0.25, -0.2) is 0 Å². The van der Waals surface area contributed by atoms with Gasteiger partial charge in [-0.15, -0.1) is 21.5 Å². The smallest absolute Gasteiger partial charge is 0.127 e. The van der Waals surface area contributed by atoms with Crippen LogP contribution in [0, 0.1) is 0 Å². The van der Waals surface area contributed by atoms with Gasteiger partial charge in [0.1, 0.15) is 10.0 Å². The molecule has 1 aromatic heterocycles. The predicted octanol–water partition coefficient (Wildman–Crippen LogP) is 2.28. The number of hydrogen-bond donors (Lipinski definition) is 0. The van der Waals surface area contributed by atoms with Gasteiger partial charge in [-0.3, -0.25) is 0 Å². The van der Waals surface area contributed by atoms with Gasteiger partial charge in [-0.2, -0.15) is 11.8 Å². The largest absolute Gasteiger partial charge is 0.158 e. The zero-order valence-corrected chi connectivity index (χ0v) is 8.04. The van der Waals surface area contributed by atoms with Gasteiger partial charge in [0.2, 0.25) is 0 Å². The molecule has 60 valence electrons. The maximum absolute atomic E-state index is 4.15. The summed E-state index contributed by atoms with van der Waals surface area (Å²) in [4.78, 5) is 0. The Morgan fingerprint density at radius 3 is 3.00 bits per heavy atom. The van der Waals surface area contributed by atoms with Crippen molar-refractivity contribution < 1.29 is 0 Å². The molecule has 1 fully saturated rings. The summed E-state index contributed by atoms with van der Waals surface area (Å²) < 4.78 is 0. The van der Waals surface area contributed by atoms with Gasteiger partial charge in [-0.1, -0.05) is 0 Å². The molecule has 0 aromatic carbocycles. The summed E-state index contributed by atoms with van der Waals surface area (Å²) in [7, 11) is 0. The van der Waals surface area contributed by atoms with E-state index in [4.69, 9.17) is 0 Å². The summed E-state index contributed by atoms with van der Waals surface area (Å²) >= 11 is 3.59. The lowest BCUT2D eigenvalue weighted by Gasteiger charge is -1.84. The van der Waals surface area contributed by atoms with E-state index in [0.717, 1.165) is 11.7 Å². The normalized spacial score (nSPS) is 17.2. The van der Waals surface area contributed by atoms with Crippen LogP contribution < -0.4 is 0 Å². The van der Waals surface area contributed by atoms with Crippen molar-refractivity contribution in [3.05, 3.63) is 10.0 Å². The van der Waals surface area contributed by atoms with Crippen molar-refractivity contribution in [3.63, 3.8) is 0 Å². The van der Waals surface area contributed by atoms with Crippen LogP contribution in [0.2, 0.25) is 0 Å². The molecular weight excluding hydrogens is 176 g/mol. The van der Waals surface area contributed by atoms with Crippen LogP contribution in [-0.2, 0) is 5.75 Å². The highest BCUT2D eigenvalue weighted by Gasteiger charge is 2.27. The molecule has 0 amide bonds. The molecule has 2 rings (SSSR count). The maximum atomic E-state index is 4.15. The molecule has 0 atom stereocenters. The van der Waals surface area contributed by atoms with Gasteiger partial charge in [0.15, 0.2) is 0 Å². The van der Waals surface area contributed by atoms with Crippen LogP contribution in [0.5, 0.6) is 0 Å². The van der Waals surface area contributed by atoms with E-state index in [1.54, 1.807) is 11.3 Å². The molecule has 1 aliphatic rings. The van der Waals surface area contributed by atoms with Gasteiger partial charge in [0, 0.05) is 11.7 Å². The highest BCUT2D eigenvalue weighted by Crippen LogP contribution is 2.41. The molecule has 0 spiro atoms. The molecule has 1 heterocycles.